The van der Waals surface area contributed by atoms with Crippen LogP contribution in [-0.2, 0) is 0 Å². The third kappa shape index (κ3) is 3.16. The average Bonchev–Trinajstić information content (AvgIpc) is 2.38. The van der Waals surface area contributed by atoms with Crippen molar-refractivity contribution in [2.75, 3.05) is 25.0 Å². The fourth-order valence-electron chi connectivity index (χ4n) is 2.17. The minimum atomic E-state index is -0.441. The van der Waals surface area contributed by atoms with E-state index in [0.29, 0.717) is 5.82 Å². The summed E-state index contributed by atoms with van der Waals surface area (Å²) in [4.78, 5) is 14.1. The van der Waals surface area contributed by atoms with E-state index in [2.05, 4.69) is 22.5 Å². The second-order valence-corrected chi connectivity index (χ2v) is 5.10. The molecule has 1 aromatic rings. The summed E-state index contributed by atoms with van der Waals surface area (Å²) in [6, 6.07) is 3.12. The summed E-state index contributed by atoms with van der Waals surface area (Å²) in [7, 11) is 0. The van der Waals surface area contributed by atoms with Gasteiger partial charge in [-0.05, 0) is 30.9 Å². The minimum absolute atomic E-state index is 0.0195. The number of hydrogen-bond acceptors (Lipinski definition) is 5. The highest BCUT2D eigenvalue weighted by Gasteiger charge is 2.26. The highest BCUT2D eigenvalue weighted by atomic mass is 16.6. The Morgan fingerprint density at radius 1 is 1.61 bits per heavy atom. The molecule has 6 heteroatoms. The van der Waals surface area contributed by atoms with Crippen LogP contribution in [0.1, 0.15) is 19.8 Å². The first-order chi connectivity index (χ1) is 8.59. The van der Waals surface area contributed by atoms with Gasteiger partial charge >= 0.3 is 0 Å². The summed E-state index contributed by atoms with van der Waals surface area (Å²) < 4.78 is 0. The van der Waals surface area contributed by atoms with Gasteiger partial charge in [0.25, 0.3) is 5.69 Å². The lowest BCUT2D eigenvalue weighted by atomic mass is 9.83. The second-order valence-electron chi connectivity index (χ2n) is 5.10. The lowest BCUT2D eigenvalue weighted by molar-refractivity contribution is -0.385. The van der Waals surface area contributed by atoms with Crippen LogP contribution in [0, 0.1) is 15.5 Å². The van der Waals surface area contributed by atoms with E-state index in [1.165, 1.54) is 25.1 Å². The number of aromatic nitrogens is 1. The summed E-state index contributed by atoms with van der Waals surface area (Å²) in [6.07, 6.45) is 3.65. The van der Waals surface area contributed by atoms with Crippen molar-refractivity contribution in [3.8, 4) is 0 Å². The Kier molecular flexibility index (Phi) is 3.76. The number of pyridine rings is 1. The number of anilines is 1. The van der Waals surface area contributed by atoms with E-state index in [1.54, 1.807) is 6.07 Å². The van der Waals surface area contributed by atoms with Gasteiger partial charge in [-0.3, -0.25) is 10.1 Å². The Morgan fingerprint density at radius 2 is 2.44 bits per heavy atom. The van der Waals surface area contributed by atoms with Crippen LogP contribution >= 0.6 is 0 Å². The van der Waals surface area contributed by atoms with Gasteiger partial charge in [0.15, 0.2) is 0 Å². The van der Waals surface area contributed by atoms with Gasteiger partial charge in [-0.25, -0.2) is 4.98 Å². The highest BCUT2D eigenvalue weighted by molar-refractivity contribution is 5.40. The molecular formula is C12H18N4O2. The molecule has 1 aliphatic heterocycles. The number of nitro groups is 1. The van der Waals surface area contributed by atoms with Crippen LogP contribution in [0.3, 0.4) is 0 Å². The van der Waals surface area contributed by atoms with E-state index >= 15 is 0 Å². The molecule has 98 valence electrons. The van der Waals surface area contributed by atoms with Gasteiger partial charge in [0.05, 0.1) is 4.92 Å². The van der Waals surface area contributed by atoms with Crippen LogP contribution < -0.4 is 10.6 Å². The van der Waals surface area contributed by atoms with Gasteiger partial charge in [-0.1, -0.05) is 6.92 Å². The Balaban J connectivity index is 1.91. The SMILES string of the molecule is CC1(CNc2ccc([N+](=O)[O-])cn2)CCCNC1. The molecule has 2 rings (SSSR count). The predicted molar refractivity (Wildman–Crippen MR) is 69.6 cm³/mol. The fraction of sp³-hybridized carbons (Fsp3) is 0.583. The van der Waals surface area contributed by atoms with Gasteiger partial charge in [0.2, 0.25) is 0 Å². The van der Waals surface area contributed by atoms with Gasteiger partial charge in [0.1, 0.15) is 12.0 Å². The number of hydrogen-bond donors (Lipinski definition) is 2. The maximum Gasteiger partial charge on any atom is 0.287 e. The Bertz CT molecular complexity index is 413. The molecule has 1 aliphatic rings. The van der Waals surface area contributed by atoms with E-state index in [4.69, 9.17) is 0 Å². The molecule has 1 fully saturated rings. The van der Waals surface area contributed by atoms with E-state index in [0.717, 1.165) is 19.6 Å². The topological polar surface area (TPSA) is 80.1 Å². The lowest BCUT2D eigenvalue weighted by Gasteiger charge is -2.34. The van der Waals surface area contributed by atoms with E-state index in [9.17, 15) is 10.1 Å². The summed E-state index contributed by atoms with van der Waals surface area (Å²) in [5.74, 6) is 0.687. The van der Waals surface area contributed by atoms with Gasteiger partial charge < -0.3 is 10.6 Å². The first-order valence-corrected chi connectivity index (χ1v) is 6.14. The molecule has 2 heterocycles. The molecule has 0 aliphatic carbocycles. The van der Waals surface area contributed by atoms with E-state index in [-0.39, 0.29) is 11.1 Å². The van der Waals surface area contributed by atoms with Crippen LogP contribution in [0.25, 0.3) is 0 Å². The first kappa shape index (κ1) is 12.8. The van der Waals surface area contributed by atoms with Crippen LogP contribution in [0.4, 0.5) is 11.5 Å². The smallest absolute Gasteiger partial charge is 0.287 e. The molecule has 0 radical (unpaired) electrons. The summed E-state index contributed by atoms with van der Waals surface area (Å²) in [5, 5.41) is 17.1. The van der Waals surface area contributed by atoms with Gasteiger partial charge in [-0.15, -0.1) is 0 Å². The third-order valence-corrected chi connectivity index (χ3v) is 3.34. The Hall–Kier alpha value is -1.69. The Morgan fingerprint density at radius 3 is 3.00 bits per heavy atom. The van der Waals surface area contributed by atoms with Crippen LogP contribution in [0.15, 0.2) is 18.3 Å². The Labute approximate surface area is 106 Å². The van der Waals surface area contributed by atoms with Crippen molar-refractivity contribution in [1.82, 2.24) is 10.3 Å². The maximum absolute atomic E-state index is 10.5. The molecule has 1 saturated heterocycles. The third-order valence-electron chi connectivity index (χ3n) is 3.34. The van der Waals surface area contributed by atoms with Crippen LogP contribution in [0.5, 0.6) is 0 Å². The molecule has 1 aromatic heterocycles. The molecule has 0 amide bonds. The molecule has 0 bridgehead atoms. The highest BCUT2D eigenvalue weighted by Crippen LogP contribution is 2.25. The van der Waals surface area contributed by atoms with Crippen molar-refractivity contribution in [2.45, 2.75) is 19.8 Å². The molecular weight excluding hydrogens is 232 g/mol. The summed E-state index contributed by atoms with van der Waals surface area (Å²) in [6.45, 7) is 5.14. The predicted octanol–water partition coefficient (Wildman–Crippen LogP) is 1.79. The lowest BCUT2D eigenvalue weighted by Crippen LogP contribution is -2.42. The normalized spacial score (nSPS) is 23.6. The number of nitrogens with one attached hydrogen (secondary N) is 2. The molecule has 0 aromatic carbocycles. The molecule has 1 unspecified atom stereocenters. The molecule has 1 atom stereocenters. The zero-order valence-corrected chi connectivity index (χ0v) is 10.5. The van der Waals surface area contributed by atoms with Crippen molar-refractivity contribution >= 4 is 11.5 Å². The van der Waals surface area contributed by atoms with Crippen molar-refractivity contribution < 1.29 is 4.92 Å². The fourth-order valence-corrected chi connectivity index (χ4v) is 2.17. The van der Waals surface area contributed by atoms with Crippen LogP contribution in [-0.4, -0.2) is 29.5 Å². The average molecular weight is 250 g/mol. The number of piperidine rings is 1. The molecule has 6 nitrogen and oxygen atoms in total. The molecule has 18 heavy (non-hydrogen) atoms. The van der Waals surface area contributed by atoms with E-state index in [1.807, 2.05) is 0 Å². The second kappa shape index (κ2) is 5.30. The molecule has 0 saturated carbocycles. The zero-order chi connectivity index (χ0) is 13.0. The summed E-state index contributed by atoms with van der Waals surface area (Å²) in [5.41, 5.74) is 0.243. The quantitative estimate of drug-likeness (QED) is 0.629. The van der Waals surface area contributed by atoms with Gasteiger partial charge in [0, 0.05) is 19.2 Å². The van der Waals surface area contributed by atoms with Crippen LogP contribution in [0.2, 0.25) is 0 Å². The van der Waals surface area contributed by atoms with Crippen molar-refractivity contribution in [2.24, 2.45) is 5.41 Å². The van der Waals surface area contributed by atoms with Crippen molar-refractivity contribution in [1.29, 1.82) is 0 Å². The first-order valence-electron chi connectivity index (χ1n) is 6.14. The monoisotopic (exact) mass is 250 g/mol. The molecule has 0 spiro atoms. The summed E-state index contributed by atoms with van der Waals surface area (Å²) >= 11 is 0. The number of nitrogens with zero attached hydrogens (tertiary/aromatic N) is 2. The largest absolute Gasteiger partial charge is 0.369 e. The van der Waals surface area contributed by atoms with Crippen molar-refractivity contribution in [3.63, 3.8) is 0 Å². The van der Waals surface area contributed by atoms with Crippen molar-refractivity contribution in [3.05, 3.63) is 28.4 Å². The minimum Gasteiger partial charge on any atom is -0.369 e. The standard InChI is InChI=1S/C12H18N4O2/c1-12(5-2-6-13-8-12)9-15-11-4-3-10(7-14-11)16(17)18/h3-4,7,13H,2,5-6,8-9H2,1H3,(H,14,15). The van der Waals surface area contributed by atoms with E-state index < -0.39 is 4.92 Å². The van der Waals surface area contributed by atoms with Gasteiger partial charge in [-0.2, -0.15) is 0 Å². The maximum atomic E-state index is 10.5. The zero-order valence-electron chi connectivity index (χ0n) is 10.5. The molecule has 2 N–H and O–H groups in total. The number of rotatable bonds is 4.